The third-order valence-corrected chi connectivity index (χ3v) is 4.60. The Balaban J connectivity index is 1.52. The molecule has 3 rings (SSSR count). The van der Waals surface area contributed by atoms with E-state index in [1.54, 1.807) is 17.4 Å². The number of likely N-dealkylation sites (tertiary alicyclic amines) is 1. The SMILES string of the molecule is O=C1CCCN1CCC(=O)N1CCOC[C@H](Cc2ccncn2)C1. The molecule has 7 heteroatoms. The molecule has 130 valence electrons. The Bertz CT molecular complexity index is 566. The van der Waals surface area contributed by atoms with E-state index >= 15 is 0 Å². The number of hydrogen-bond acceptors (Lipinski definition) is 5. The molecule has 2 amide bonds. The van der Waals surface area contributed by atoms with Crippen molar-refractivity contribution in [1.29, 1.82) is 0 Å². The van der Waals surface area contributed by atoms with Gasteiger partial charge < -0.3 is 14.5 Å². The molecule has 2 aliphatic heterocycles. The number of rotatable bonds is 5. The predicted octanol–water partition coefficient (Wildman–Crippen LogP) is 0.507. The van der Waals surface area contributed by atoms with Gasteiger partial charge in [-0.05, 0) is 18.9 Å². The van der Waals surface area contributed by atoms with Crippen molar-refractivity contribution >= 4 is 11.8 Å². The van der Waals surface area contributed by atoms with Gasteiger partial charge in [0.15, 0.2) is 0 Å². The molecule has 0 radical (unpaired) electrons. The van der Waals surface area contributed by atoms with Crippen molar-refractivity contribution in [2.75, 3.05) is 39.4 Å². The second kappa shape index (κ2) is 8.19. The van der Waals surface area contributed by atoms with Gasteiger partial charge >= 0.3 is 0 Å². The average molecular weight is 332 g/mol. The van der Waals surface area contributed by atoms with Crippen molar-refractivity contribution in [1.82, 2.24) is 19.8 Å². The van der Waals surface area contributed by atoms with Crippen LogP contribution in [0.5, 0.6) is 0 Å². The topological polar surface area (TPSA) is 75.6 Å². The van der Waals surface area contributed by atoms with E-state index in [4.69, 9.17) is 4.74 Å². The van der Waals surface area contributed by atoms with Gasteiger partial charge in [-0.1, -0.05) is 0 Å². The molecule has 0 aromatic carbocycles. The highest BCUT2D eigenvalue weighted by atomic mass is 16.5. The van der Waals surface area contributed by atoms with Crippen LogP contribution in [-0.4, -0.2) is 71.0 Å². The number of aromatic nitrogens is 2. The Labute approximate surface area is 142 Å². The van der Waals surface area contributed by atoms with Gasteiger partial charge in [0.05, 0.1) is 13.2 Å². The standard InChI is InChI=1S/C17H24N4O3/c22-16-2-1-6-20(16)7-4-17(23)21-8-9-24-12-14(11-21)10-15-3-5-18-13-19-15/h3,5,13-14H,1-2,4,6-12H2/t14-/m1/s1. The molecule has 1 aromatic rings. The van der Waals surface area contributed by atoms with Crippen LogP contribution in [0.1, 0.15) is 25.0 Å². The molecule has 0 saturated carbocycles. The van der Waals surface area contributed by atoms with Crippen LogP contribution in [0.2, 0.25) is 0 Å². The van der Waals surface area contributed by atoms with Gasteiger partial charge in [-0.25, -0.2) is 9.97 Å². The van der Waals surface area contributed by atoms with Crippen molar-refractivity contribution in [2.24, 2.45) is 5.92 Å². The minimum Gasteiger partial charge on any atom is -0.379 e. The first-order chi connectivity index (χ1) is 11.7. The quantitative estimate of drug-likeness (QED) is 0.785. The highest BCUT2D eigenvalue weighted by Crippen LogP contribution is 2.14. The molecule has 1 atom stereocenters. The summed E-state index contributed by atoms with van der Waals surface area (Å²) in [5.74, 6) is 0.510. The van der Waals surface area contributed by atoms with E-state index in [1.807, 2.05) is 11.0 Å². The molecule has 0 unspecified atom stereocenters. The van der Waals surface area contributed by atoms with Gasteiger partial charge in [0, 0.05) is 56.8 Å². The van der Waals surface area contributed by atoms with E-state index in [9.17, 15) is 9.59 Å². The summed E-state index contributed by atoms with van der Waals surface area (Å²) in [6.07, 6.45) is 5.97. The van der Waals surface area contributed by atoms with Crippen LogP contribution >= 0.6 is 0 Å². The Kier molecular flexibility index (Phi) is 5.74. The maximum atomic E-state index is 12.5. The number of nitrogens with zero attached hydrogens (tertiary/aromatic N) is 4. The second-order valence-electron chi connectivity index (χ2n) is 6.42. The highest BCUT2D eigenvalue weighted by Gasteiger charge is 2.25. The number of carbonyl (C=O) groups is 2. The smallest absolute Gasteiger partial charge is 0.224 e. The summed E-state index contributed by atoms with van der Waals surface area (Å²) in [4.78, 5) is 36.0. The van der Waals surface area contributed by atoms with E-state index in [0.29, 0.717) is 45.7 Å². The van der Waals surface area contributed by atoms with Crippen LogP contribution in [-0.2, 0) is 20.7 Å². The largest absolute Gasteiger partial charge is 0.379 e. The minimum atomic E-state index is 0.105. The maximum Gasteiger partial charge on any atom is 0.224 e. The second-order valence-corrected chi connectivity index (χ2v) is 6.42. The molecule has 0 N–H and O–H groups in total. The molecule has 2 aliphatic rings. The van der Waals surface area contributed by atoms with Crippen LogP contribution in [0, 0.1) is 5.92 Å². The van der Waals surface area contributed by atoms with E-state index in [0.717, 1.165) is 25.1 Å². The predicted molar refractivity (Wildman–Crippen MR) is 87.1 cm³/mol. The first-order valence-corrected chi connectivity index (χ1v) is 8.60. The molecule has 1 aromatic heterocycles. The zero-order chi connectivity index (χ0) is 16.8. The zero-order valence-corrected chi connectivity index (χ0v) is 13.9. The third-order valence-electron chi connectivity index (χ3n) is 4.60. The summed E-state index contributed by atoms with van der Waals surface area (Å²) in [5, 5.41) is 0. The molecular formula is C17H24N4O3. The molecule has 2 fully saturated rings. The zero-order valence-electron chi connectivity index (χ0n) is 13.9. The Morgan fingerprint density at radius 1 is 1.38 bits per heavy atom. The van der Waals surface area contributed by atoms with Crippen molar-refractivity contribution in [3.05, 3.63) is 24.3 Å². The Morgan fingerprint density at radius 3 is 3.04 bits per heavy atom. The molecule has 7 nitrogen and oxygen atoms in total. The fraction of sp³-hybridized carbons (Fsp3) is 0.647. The van der Waals surface area contributed by atoms with E-state index in [2.05, 4.69) is 9.97 Å². The Morgan fingerprint density at radius 2 is 2.29 bits per heavy atom. The van der Waals surface area contributed by atoms with Crippen LogP contribution in [0.15, 0.2) is 18.6 Å². The number of hydrogen-bond donors (Lipinski definition) is 0. The normalized spacial score (nSPS) is 21.8. The van der Waals surface area contributed by atoms with Gasteiger partial charge in [-0.2, -0.15) is 0 Å². The fourth-order valence-electron chi connectivity index (χ4n) is 3.29. The first kappa shape index (κ1) is 16.8. The van der Waals surface area contributed by atoms with Crippen LogP contribution in [0.4, 0.5) is 0 Å². The maximum absolute atomic E-state index is 12.5. The highest BCUT2D eigenvalue weighted by molar-refractivity contribution is 5.80. The van der Waals surface area contributed by atoms with Gasteiger partial charge in [0.25, 0.3) is 0 Å². The van der Waals surface area contributed by atoms with Crippen molar-refractivity contribution in [3.63, 3.8) is 0 Å². The van der Waals surface area contributed by atoms with Gasteiger partial charge in [-0.15, -0.1) is 0 Å². The average Bonchev–Trinajstić information content (AvgIpc) is 2.86. The number of carbonyl (C=O) groups excluding carboxylic acids is 2. The van der Waals surface area contributed by atoms with Gasteiger partial charge in [0.2, 0.25) is 11.8 Å². The first-order valence-electron chi connectivity index (χ1n) is 8.60. The van der Waals surface area contributed by atoms with Crippen LogP contribution < -0.4 is 0 Å². The lowest BCUT2D eigenvalue weighted by Gasteiger charge is -2.24. The molecular weight excluding hydrogens is 308 g/mol. The van der Waals surface area contributed by atoms with Crippen LogP contribution in [0.3, 0.4) is 0 Å². The Hall–Kier alpha value is -2.02. The number of amides is 2. The van der Waals surface area contributed by atoms with Gasteiger partial charge in [-0.3, -0.25) is 9.59 Å². The summed E-state index contributed by atoms with van der Waals surface area (Å²) in [7, 11) is 0. The van der Waals surface area contributed by atoms with Gasteiger partial charge in [0.1, 0.15) is 6.33 Å². The van der Waals surface area contributed by atoms with E-state index in [-0.39, 0.29) is 17.7 Å². The van der Waals surface area contributed by atoms with E-state index < -0.39 is 0 Å². The minimum absolute atomic E-state index is 0.105. The number of ether oxygens (including phenoxy) is 1. The molecule has 0 aliphatic carbocycles. The van der Waals surface area contributed by atoms with E-state index in [1.165, 1.54) is 0 Å². The third kappa shape index (κ3) is 4.50. The fourth-order valence-corrected chi connectivity index (χ4v) is 3.29. The summed E-state index contributed by atoms with van der Waals surface area (Å²) in [6, 6.07) is 1.90. The monoisotopic (exact) mass is 332 g/mol. The molecule has 24 heavy (non-hydrogen) atoms. The lowest BCUT2D eigenvalue weighted by Crippen LogP contribution is -2.38. The molecule has 3 heterocycles. The van der Waals surface area contributed by atoms with Crippen LogP contribution in [0.25, 0.3) is 0 Å². The summed E-state index contributed by atoms with van der Waals surface area (Å²) >= 11 is 0. The summed E-state index contributed by atoms with van der Waals surface area (Å²) < 4.78 is 5.65. The summed E-state index contributed by atoms with van der Waals surface area (Å²) in [6.45, 7) is 3.81. The van der Waals surface area contributed by atoms with Crippen molar-refractivity contribution in [3.8, 4) is 0 Å². The molecule has 0 bridgehead atoms. The summed E-state index contributed by atoms with van der Waals surface area (Å²) in [5.41, 5.74) is 0.968. The van der Waals surface area contributed by atoms with Crippen molar-refractivity contribution in [2.45, 2.75) is 25.7 Å². The van der Waals surface area contributed by atoms with Crippen molar-refractivity contribution < 1.29 is 14.3 Å². The molecule has 2 saturated heterocycles. The molecule has 0 spiro atoms. The lowest BCUT2D eigenvalue weighted by atomic mass is 10.0. The lowest BCUT2D eigenvalue weighted by molar-refractivity contribution is -0.133.